The molecule has 4 aromatic rings. The molecule has 31 heavy (non-hydrogen) atoms. The summed E-state index contributed by atoms with van der Waals surface area (Å²) < 4.78 is 21.9. The number of rotatable bonds is 7. The summed E-state index contributed by atoms with van der Waals surface area (Å²) in [6.07, 6.45) is 3.67. The second-order valence-electron chi connectivity index (χ2n) is 7.10. The number of hydrogen-bond acceptors (Lipinski definition) is 4. The van der Waals surface area contributed by atoms with Gasteiger partial charge in [0.05, 0.1) is 19.7 Å². The van der Waals surface area contributed by atoms with Crippen LogP contribution in [0.4, 0.5) is 4.39 Å². The van der Waals surface area contributed by atoms with Crippen molar-refractivity contribution in [2.45, 2.75) is 19.5 Å². The van der Waals surface area contributed by atoms with Crippen LogP contribution in [0.15, 0.2) is 73.1 Å². The number of benzene rings is 2. The van der Waals surface area contributed by atoms with Crippen molar-refractivity contribution in [1.29, 1.82) is 0 Å². The zero-order valence-electron chi connectivity index (χ0n) is 17.2. The van der Waals surface area contributed by atoms with E-state index in [-0.39, 0.29) is 23.5 Å². The number of nitrogens with one attached hydrogen (secondary N) is 1. The minimum absolute atomic E-state index is 0.207. The van der Waals surface area contributed by atoms with Crippen molar-refractivity contribution >= 4 is 5.91 Å². The lowest BCUT2D eigenvalue weighted by Gasteiger charge is -2.14. The number of ether oxygens (including phenoxy) is 1. The number of amides is 1. The van der Waals surface area contributed by atoms with Crippen molar-refractivity contribution in [3.63, 3.8) is 0 Å². The zero-order chi connectivity index (χ0) is 21.8. The molecule has 0 fully saturated rings. The fourth-order valence-corrected chi connectivity index (χ4v) is 3.30. The van der Waals surface area contributed by atoms with Gasteiger partial charge in [-0.15, -0.1) is 5.10 Å². The van der Waals surface area contributed by atoms with Gasteiger partial charge in [-0.1, -0.05) is 29.5 Å². The van der Waals surface area contributed by atoms with Crippen LogP contribution in [0.3, 0.4) is 0 Å². The number of carbonyl (C=O) groups excluding carboxylic acids is 1. The smallest absolute Gasteiger partial charge is 0.276 e. The van der Waals surface area contributed by atoms with Gasteiger partial charge < -0.3 is 14.6 Å². The van der Waals surface area contributed by atoms with E-state index in [9.17, 15) is 9.18 Å². The van der Waals surface area contributed by atoms with Crippen LogP contribution in [0, 0.1) is 5.82 Å². The first-order valence-corrected chi connectivity index (χ1v) is 9.81. The quantitative estimate of drug-likeness (QED) is 0.495. The maximum Gasteiger partial charge on any atom is 0.276 e. The number of hydrogen-bond donors (Lipinski definition) is 1. The van der Waals surface area contributed by atoms with Gasteiger partial charge in [-0.05, 0) is 54.4 Å². The van der Waals surface area contributed by atoms with E-state index in [0.717, 1.165) is 16.9 Å². The lowest BCUT2D eigenvalue weighted by molar-refractivity contribution is 0.0934. The predicted molar refractivity (Wildman–Crippen MR) is 114 cm³/mol. The molecule has 4 rings (SSSR count). The topological polar surface area (TPSA) is 74.0 Å². The number of nitrogens with zero attached hydrogens (tertiary/aromatic N) is 4. The Hall–Kier alpha value is -3.94. The number of carbonyl (C=O) groups is 1. The van der Waals surface area contributed by atoms with Crippen LogP contribution >= 0.6 is 0 Å². The molecule has 1 atom stereocenters. The average Bonchev–Trinajstić information content (AvgIpc) is 3.44. The molecular weight excluding hydrogens is 397 g/mol. The first-order chi connectivity index (χ1) is 15.0. The second kappa shape index (κ2) is 8.83. The molecule has 1 amide bonds. The highest BCUT2D eigenvalue weighted by Crippen LogP contribution is 2.19. The van der Waals surface area contributed by atoms with Gasteiger partial charge in [0.2, 0.25) is 0 Å². The van der Waals surface area contributed by atoms with Crippen LogP contribution in [0.2, 0.25) is 0 Å². The van der Waals surface area contributed by atoms with Crippen LogP contribution in [0.5, 0.6) is 5.75 Å². The van der Waals surface area contributed by atoms with Crippen molar-refractivity contribution in [1.82, 2.24) is 24.9 Å². The van der Waals surface area contributed by atoms with Crippen LogP contribution in [0.25, 0.3) is 5.82 Å². The zero-order valence-corrected chi connectivity index (χ0v) is 17.2. The van der Waals surface area contributed by atoms with Gasteiger partial charge in [0.15, 0.2) is 11.5 Å². The van der Waals surface area contributed by atoms with Gasteiger partial charge in [-0.25, -0.2) is 9.07 Å². The Bertz CT molecular complexity index is 1150. The molecule has 158 valence electrons. The Morgan fingerprint density at radius 2 is 1.77 bits per heavy atom. The monoisotopic (exact) mass is 419 g/mol. The lowest BCUT2D eigenvalue weighted by atomic mass is 10.1. The normalized spacial score (nSPS) is 11.8. The summed E-state index contributed by atoms with van der Waals surface area (Å²) in [5.41, 5.74) is 1.99. The Morgan fingerprint density at radius 1 is 1.10 bits per heavy atom. The fraction of sp³-hybridized carbons (Fsp3) is 0.174. The summed E-state index contributed by atoms with van der Waals surface area (Å²) in [5, 5.41) is 11.3. The molecule has 2 heterocycles. The van der Waals surface area contributed by atoms with Gasteiger partial charge in [0, 0.05) is 12.4 Å². The Labute approximate surface area is 179 Å². The molecule has 0 aliphatic carbocycles. The molecule has 0 bridgehead atoms. The van der Waals surface area contributed by atoms with E-state index in [0.29, 0.717) is 12.4 Å². The van der Waals surface area contributed by atoms with E-state index in [1.807, 2.05) is 55.7 Å². The third-order valence-corrected chi connectivity index (χ3v) is 4.98. The third kappa shape index (κ3) is 4.48. The molecule has 0 saturated carbocycles. The fourth-order valence-electron chi connectivity index (χ4n) is 3.30. The molecule has 2 aromatic carbocycles. The SMILES string of the molecule is COc1ccc(Cn2nnc(C(=O)NC(C)c3ccc(F)cc3)c2-n2cccc2)cc1. The summed E-state index contributed by atoms with van der Waals surface area (Å²) >= 11 is 0. The third-order valence-electron chi connectivity index (χ3n) is 4.98. The molecule has 1 N–H and O–H groups in total. The molecule has 0 spiro atoms. The number of halogens is 1. The molecule has 0 saturated heterocycles. The van der Waals surface area contributed by atoms with E-state index >= 15 is 0 Å². The predicted octanol–water partition coefficient (Wildman–Crippen LogP) is 3.76. The maximum atomic E-state index is 13.2. The van der Waals surface area contributed by atoms with E-state index in [1.54, 1.807) is 28.5 Å². The van der Waals surface area contributed by atoms with Crippen molar-refractivity contribution in [3.05, 3.63) is 95.7 Å². The first kappa shape index (κ1) is 20.3. The number of methoxy groups -OCH3 is 1. The summed E-state index contributed by atoms with van der Waals surface area (Å²) in [6.45, 7) is 2.27. The van der Waals surface area contributed by atoms with E-state index in [2.05, 4.69) is 15.6 Å². The minimum Gasteiger partial charge on any atom is -0.497 e. The van der Waals surface area contributed by atoms with E-state index in [4.69, 9.17) is 4.74 Å². The van der Waals surface area contributed by atoms with Crippen molar-refractivity contribution < 1.29 is 13.9 Å². The van der Waals surface area contributed by atoms with E-state index in [1.165, 1.54) is 12.1 Å². The first-order valence-electron chi connectivity index (χ1n) is 9.81. The lowest BCUT2D eigenvalue weighted by Crippen LogP contribution is -2.28. The van der Waals surface area contributed by atoms with Crippen LogP contribution < -0.4 is 10.1 Å². The average molecular weight is 419 g/mol. The van der Waals surface area contributed by atoms with Gasteiger partial charge in [-0.3, -0.25) is 4.79 Å². The van der Waals surface area contributed by atoms with Crippen LogP contribution in [0.1, 0.15) is 34.6 Å². The highest BCUT2D eigenvalue weighted by atomic mass is 19.1. The standard InChI is InChI=1S/C23H22FN5O2/c1-16(18-7-9-19(24)10-8-18)25-22(30)21-23(28-13-3-4-14-28)29(27-26-21)15-17-5-11-20(31-2)12-6-17/h3-14,16H,15H2,1-2H3,(H,25,30). The summed E-state index contributed by atoms with van der Waals surface area (Å²) in [4.78, 5) is 13.0. The minimum atomic E-state index is -0.360. The van der Waals surface area contributed by atoms with Gasteiger partial charge in [-0.2, -0.15) is 0 Å². The van der Waals surface area contributed by atoms with Gasteiger partial charge >= 0.3 is 0 Å². The molecule has 2 aromatic heterocycles. The van der Waals surface area contributed by atoms with Crippen LogP contribution in [-0.4, -0.2) is 32.6 Å². The Morgan fingerprint density at radius 3 is 2.42 bits per heavy atom. The molecule has 0 aliphatic heterocycles. The summed E-state index contributed by atoms with van der Waals surface area (Å²) in [7, 11) is 1.62. The van der Waals surface area contributed by atoms with Crippen LogP contribution in [-0.2, 0) is 6.54 Å². The summed E-state index contributed by atoms with van der Waals surface area (Å²) in [5.74, 6) is 0.646. The van der Waals surface area contributed by atoms with E-state index < -0.39 is 0 Å². The van der Waals surface area contributed by atoms with Crippen molar-refractivity contribution in [2.75, 3.05) is 7.11 Å². The highest BCUT2D eigenvalue weighted by Gasteiger charge is 2.23. The summed E-state index contributed by atoms with van der Waals surface area (Å²) in [6, 6.07) is 17.1. The largest absolute Gasteiger partial charge is 0.497 e. The number of aromatic nitrogens is 4. The molecular formula is C23H22FN5O2. The van der Waals surface area contributed by atoms with Crippen molar-refractivity contribution in [2.24, 2.45) is 0 Å². The molecule has 1 unspecified atom stereocenters. The second-order valence-corrected chi connectivity index (χ2v) is 7.10. The van der Waals surface area contributed by atoms with Crippen molar-refractivity contribution in [3.8, 4) is 11.6 Å². The maximum absolute atomic E-state index is 13.2. The van der Waals surface area contributed by atoms with Gasteiger partial charge in [0.25, 0.3) is 5.91 Å². The molecule has 0 radical (unpaired) electrons. The molecule has 7 nitrogen and oxygen atoms in total. The molecule has 0 aliphatic rings. The highest BCUT2D eigenvalue weighted by molar-refractivity contribution is 5.95. The molecule has 8 heteroatoms. The Kier molecular flexibility index (Phi) is 5.79. The van der Waals surface area contributed by atoms with Gasteiger partial charge in [0.1, 0.15) is 11.6 Å². The Balaban J connectivity index is 1.61.